The number of carbonyl (C=O) groups excluding carboxylic acids is 1. The molecule has 0 radical (unpaired) electrons. The summed E-state index contributed by atoms with van der Waals surface area (Å²) >= 11 is 0. The molecule has 1 unspecified atom stereocenters. The van der Waals surface area contributed by atoms with Crippen LogP contribution in [0.5, 0.6) is 0 Å². The number of amides is 2. The zero-order chi connectivity index (χ0) is 13.0. The minimum Gasteiger partial charge on any atom is -0.480 e. The Morgan fingerprint density at radius 3 is 2.59 bits per heavy atom. The number of urea groups is 1. The molecule has 17 heavy (non-hydrogen) atoms. The van der Waals surface area contributed by atoms with Gasteiger partial charge in [0.05, 0.1) is 0 Å². The van der Waals surface area contributed by atoms with Gasteiger partial charge in [-0.15, -0.1) is 0 Å². The van der Waals surface area contributed by atoms with Crippen molar-refractivity contribution in [1.82, 2.24) is 10.2 Å². The van der Waals surface area contributed by atoms with Gasteiger partial charge in [0.15, 0.2) is 0 Å². The summed E-state index contributed by atoms with van der Waals surface area (Å²) in [6.07, 6.45) is 2.41. The van der Waals surface area contributed by atoms with Crippen LogP contribution in [-0.4, -0.2) is 40.6 Å². The highest BCUT2D eigenvalue weighted by Crippen LogP contribution is 2.23. The van der Waals surface area contributed by atoms with E-state index in [1.165, 1.54) is 0 Å². The van der Waals surface area contributed by atoms with E-state index >= 15 is 0 Å². The fraction of sp³-hybridized carbons (Fsp3) is 0.833. The first-order valence-electron chi connectivity index (χ1n) is 6.27. The second-order valence-corrected chi connectivity index (χ2v) is 4.90. The molecule has 0 aromatic carbocycles. The summed E-state index contributed by atoms with van der Waals surface area (Å²) in [6, 6.07) is -0.785. The number of hydrogen-bond donors (Lipinski definition) is 2. The van der Waals surface area contributed by atoms with Gasteiger partial charge in [-0.05, 0) is 25.2 Å². The third kappa shape index (κ3) is 3.35. The zero-order valence-corrected chi connectivity index (χ0v) is 10.8. The Hall–Kier alpha value is -1.26. The summed E-state index contributed by atoms with van der Waals surface area (Å²) < 4.78 is 0. The normalized spacial score (nSPS) is 21.6. The molecule has 1 saturated heterocycles. The summed E-state index contributed by atoms with van der Waals surface area (Å²) in [5.41, 5.74) is 0. The lowest BCUT2D eigenvalue weighted by Gasteiger charge is -2.29. The third-order valence-electron chi connectivity index (χ3n) is 3.33. The second kappa shape index (κ2) is 5.89. The molecule has 0 aromatic rings. The molecule has 0 aliphatic carbocycles. The van der Waals surface area contributed by atoms with Crippen molar-refractivity contribution in [3.63, 3.8) is 0 Å². The fourth-order valence-corrected chi connectivity index (χ4v) is 2.31. The predicted octanol–water partition coefficient (Wildman–Crippen LogP) is 1.68. The molecular weight excluding hydrogens is 220 g/mol. The van der Waals surface area contributed by atoms with Crippen LogP contribution < -0.4 is 5.32 Å². The van der Waals surface area contributed by atoms with E-state index in [2.05, 4.69) is 19.2 Å². The van der Waals surface area contributed by atoms with Crippen molar-refractivity contribution in [3.05, 3.63) is 0 Å². The van der Waals surface area contributed by atoms with Gasteiger partial charge in [0, 0.05) is 12.6 Å². The summed E-state index contributed by atoms with van der Waals surface area (Å²) in [6.45, 7) is 6.66. The van der Waals surface area contributed by atoms with Crippen molar-refractivity contribution in [2.24, 2.45) is 5.92 Å². The highest BCUT2D eigenvalue weighted by Gasteiger charge is 2.32. The van der Waals surface area contributed by atoms with Gasteiger partial charge in [-0.3, -0.25) is 0 Å². The van der Waals surface area contributed by atoms with E-state index in [4.69, 9.17) is 5.11 Å². The van der Waals surface area contributed by atoms with Crippen LogP contribution in [0.2, 0.25) is 0 Å². The zero-order valence-electron chi connectivity index (χ0n) is 10.8. The molecule has 1 aliphatic heterocycles. The highest BCUT2D eigenvalue weighted by atomic mass is 16.4. The Bertz CT molecular complexity index is 291. The van der Waals surface area contributed by atoms with Gasteiger partial charge >= 0.3 is 12.0 Å². The van der Waals surface area contributed by atoms with Crippen LogP contribution in [0.1, 0.15) is 40.0 Å². The lowest BCUT2D eigenvalue weighted by Crippen LogP contribution is -2.50. The van der Waals surface area contributed by atoms with E-state index in [1.54, 1.807) is 11.8 Å². The van der Waals surface area contributed by atoms with Crippen LogP contribution >= 0.6 is 0 Å². The van der Waals surface area contributed by atoms with Crippen molar-refractivity contribution in [2.45, 2.75) is 52.1 Å². The molecule has 98 valence electrons. The van der Waals surface area contributed by atoms with Gasteiger partial charge in [-0.25, -0.2) is 9.59 Å². The number of nitrogens with one attached hydrogen (secondary N) is 1. The van der Waals surface area contributed by atoms with Crippen molar-refractivity contribution < 1.29 is 14.7 Å². The minimum absolute atomic E-state index is 0.237. The molecule has 1 rings (SSSR count). The lowest BCUT2D eigenvalue weighted by molar-refractivity contribution is -0.139. The summed E-state index contributed by atoms with van der Waals surface area (Å²) in [4.78, 5) is 24.6. The number of carbonyl (C=O) groups is 2. The van der Waals surface area contributed by atoms with Gasteiger partial charge in [0.1, 0.15) is 6.04 Å². The quantitative estimate of drug-likeness (QED) is 0.788. The first-order chi connectivity index (χ1) is 7.97. The number of carboxylic acids is 1. The summed E-state index contributed by atoms with van der Waals surface area (Å²) in [7, 11) is 0. The summed E-state index contributed by atoms with van der Waals surface area (Å²) in [5, 5.41) is 11.5. The Kier molecular flexibility index (Phi) is 4.78. The van der Waals surface area contributed by atoms with Crippen LogP contribution in [-0.2, 0) is 4.79 Å². The molecule has 1 aliphatic rings. The maximum absolute atomic E-state index is 12.0. The second-order valence-electron chi connectivity index (χ2n) is 4.90. The van der Waals surface area contributed by atoms with Crippen molar-refractivity contribution in [2.75, 3.05) is 6.54 Å². The van der Waals surface area contributed by atoms with Gasteiger partial charge in [0.2, 0.25) is 0 Å². The van der Waals surface area contributed by atoms with Gasteiger partial charge in [-0.1, -0.05) is 20.8 Å². The van der Waals surface area contributed by atoms with Crippen LogP contribution in [0.25, 0.3) is 0 Å². The van der Waals surface area contributed by atoms with Crippen molar-refractivity contribution in [1.29, 1.82) is 0 Å². The Labute approximate surface area is 102 Å². The highest BCUT2D eigenvalue weighted by molar-refractivity contribution is 5.82. The van der Waals surface area contributed by atoms with Gasteiger partial charge < -0.3 is 15.3 Å². The summed E-state index contributed by atoms with van der Waals surface area (Å²) in [5.74, 6) is -0.561. The molecular formula is C12H22N2O3. The number of aliphatic carboxylic acids is 1. The third-order valence-corrected chi connectivity index (χ3v) is 3.33. The SMILES string of the molecule is CC[C@@H](NC(=O)N1CCCC1C(C)C)C(=O)O. The first kappa shape index (κ1) is 13.8. The molecule has 0 saturated carbocycles. The van der Waals surface area contributed by atoms with Crippen molar-refractivity contribution >= 4 is 12.0 Å². The maximum Gasteiger partial charge on any atom is 0.326 e. The van der Waals surface area contributed by atoms with E-state index in [1.807, 2.05) is 0 Å². The average molecular weight is 242 g/mol. The fourth-order valence-electron chi connectivity index (χ4n) is 2.31. The standard InChI is InChI=1S/C12H22N2O3/c1-4-9(11(15)16)13-12(17)14-7-5-6-10(14)8(2)3/h8-10H,4-7H2,1-3H3,(H,13,17)(H,15,16)/t9-,10?/m1/s1. The largest absolute Gasteiger partial charge is 0.480 e. The van der Waals surface area contributed by atoms with Crippen molar-refractivity contribution in [3.8, 4) is 0 Å². The van der Waals surface area contributed by atoms with E-state index in [0.29, 0.717) is 12.3 Å². The predicted molar refractivity (Wildman–Crippen MR) is 64.8 cm³/mol. The number of likely N-dealkylation sites (tertiary alicyclic amines) is 1. The molecule has 2 atom stereocenters. The smallest absolute Gasteiger partial charge is 0.326 e. The van der Waals surface area contributed by atoms with Crippen LogP contribution in [0.15, 0.2) is 0 Å². The number of carboxylic acid groups (broad SMARTS) is 1. The molecule has 5 nitrogen and oxygen atoms in total. The monoisotopic (exact) mass is 242 g/mol. The van der Waals surface area contributed by atoms with E-state index < -0.39 is 12.0 Å². The Morgan fingerprint density at radius 1 is 1.47 bits per heavy atom. The number of nitrogens with zero attached hydrogens (tertiary/aromatic N) is 1. The molecule has 1 fully saturated rings. The Balaban J connectivity index is 2.60. The van der Waals surface area contributed by atoms with Gasteiger partial charge in [-0.2, -0.15) is 0 Å². The first-order valence-corrected chi connectivity index (χ1v) is 6.27. The van der Waals surface area contributed by atoms with Crippen LogP contribution in [0.4, 0.5) is 4.79 Å². The lowest BCUT2D eigenvalue weighted by atomic mass is 10.0. The Morgan fingerprint density at radius 2 is 2.12 bits per heavy atom. The van der Waals surface area contributed by atoms with E-state index in [0.717, 1.165) is 19.4 Å². The van der Waals surface area contributed by atoms with Gasteiger partial charge in [0.25, 0.3) is 0 Å². The number of hydrogen-bond acceptors (Lipinski definition) is 2. The molecule has 0 bridgehead atoms. The molecule has 0 spiro atoms. The average Bonchev–Trinajstić information content (AvgIpc) is 2.73. The number of rotatable bonds is 4. The molecule has 2 amide bonds. The maximum atomic E-state index is 12.0. The van der Waals surface area contributed by atoms with E-state index in [9.17, 15) is 9.59 Å². The molecule has 0 aromatic heterocycles. The topological polar surface area (TPSA) is 69.6 Å². The molecule has 2 N–H and O–H groups in total. The minimum atomic E-state index is -0.971. The van der Waals surface area contributed by atoms with Crippen LogP contribution in [0.3, 0.4) is 0 Å². The van der Waals surface area contributed by atoms with Crippen LogP contribution in [0, 0.1) is 5.92 Å². The molecule has 5 heteroatoms. The molecule has 1 heterocycles. The van der Waals surface area contributed by atoms with E-state index in [-0.39, 0.29) is 12.1 Å².